The number of carbonyl (C=O) groups is 2. The SMILES string of the molecule is CCOc1ccccc1N(CCC(=O)NCC1CCCO1)C(C)=O. The molecule has 6 nitrogen and oxygen atoms in total. The zero-order valence-electron chi connectivity index (χ0n) is 14.4. The van der Waals surface area contributed by atoms with E-state index in [0.29, 0.717) is 31.1 Å². The molecule has 24 heavy (non-hydrogen) atoms. The highest BCUT2D eigenvalue weighted by molar-refractivity contribution is 5.93. The van der Waals surface area contributed by atoms with Gasteiger partial charge in [0.2, 0.25) is 11.8 Å². The molecule has 2 rings (SSSR count). The van der Waals surface area contributed by atoms with Crippen molar-refractivity contribution in [1.29, 1.82) is 0 Å². The summed E-state index contributed by atoms with van der Waals surface area (Å²) in [6.45, 7) is 5.53. The highest BCUT2D eigenvalue weighted by Crippen LogP contribution is 2.28. The number of para-hydroxylation sites is 2. The van der Waals surface area contributed by atoms with Gasteiger partial charge in [0, 0.05) is 33.0 Å². The molecule has 1 aliphatic rings. The lowest BCUT2D eigenvalue weighted by molar-refractivity contribution is -0.121. The summed E-state index contributed by atoms with van der Waals surface area (Å²) >= 11 is 0. The molecule has 6 heteroatoms. The molecule has 132 valence electrons. The summed E-state index contributed by atoms with van der Waals surface area (Å²) in [5.74, 6) is 0.453. The number of hydrogen-bond acceptors (Lipinski definition) is 4. The lowest BCUT2D eigenvalue weighted by Gasteiger charge is -2.23. The second kappa shape index (κ2) is 9.27. The molecule has 0 aliphatic carbocycles. The van der Waals surface area contributed by atoms with Crippen LogP contribution in [0.15, 0.2) is 24.3 Å². The fourth-order valence-electron chi connectivity index (χ4n) is 2.74. The van der Waals surface area contributed by atoms with Gasteiger partial charge in [0.15, 0.2) is 0 Å². The van der Waals surface area contributed by atoms with Gasteiger partial charge in [-0.2, -0.15) is 0 Å². The lowest BCUT2D eigenvalue weighted by atomic mass is 10.2. The van der Waals surface area contributed by atoms with E-state index in [4.69, 9.17) is 9.47 Å². The monoisotopic (exact) mass is 334 g/mol. The standard InChI is InChI=1S/C18H26N2O4/c1-3-23-17-9-5-4-8-16(17)20(14(2)21)11-10-18(22)19-13-15-7-6-12-24-15/h4-5,8-9,15H,3,6-7,10-13H2,1-2H3,(H,19,22). The van der Waals surface area contributed by atoms with E-state index in [0.717, 1.165) is 19.4 Å². The topological polar surface area (TPSA) is 67.9 Å². The number of benzene rings is 1. The van der Waals surface area contributed by atoms with Crippen LogP contribution in [0.4, 0.5) is 5.69 Å². The van der Waals surface area contributed by atoms with E-state index in [2.05, 4.69) is 5.32 Å². The summed E-state index contributed by atoms with van der Waals surface area (Å²) in [4.78, 5) is 25.6. The van der Waals surface area contributed by atoms with Crippen LogP contribution in [0.25, 0.3) is 0 Å². The molecule has 0 spiro atoms. The molecule has 1 atom stereocenters. The van der Waals surface area contributed by atoms with Gasteiger partial charge in [-0.1, -0.05) is 12.1 Å². The molecule has 0 radical (unpaired) electrons. The molecular formula is C18H26N2O4. The molecule has 1 aliphatic heterocycles. The number of amides is 2. The normalized spacial score (nSPS) is 16.7. The first-order chi connectivity index (χ1) is 11.6. The molecule has 0 bridgehead atoms. The Balaban J connectivity index is 1.91. The van der Waals surface area contributed by atoms with Crippen LogP contribution >= 0.6 is 0 Å². The molecule has 1 N–H and O–H groups in total. The third kappa shape index (κ3) is 5.23. The van der Waals surface area contributed by atoms with E-state index >= 15 is 0 Å². The predicted molar refractivity (Wildman–Crippen MR) is 92.2 cm³/mol. The van der Waals surface area contributed by atoms with Crippen molar-refractivity contribution in [2.24, 2.45) is 0 Å². The average molecular weight is 334 g/mol. The second-order valence-corrected chi connectivity index (χ2v) is 5.76. The van der Waals surface area contributed by atoms with E-state index in [9.17, 15) is 9.59 Å². The number of ether oxygens (including phenoxy) is 2. The summed E-state index contributed by atoms with van der Waals surface area (Å²) in [7, 11) is 0. The van der Waals surface area contributed by atoms with Crippen molar-refractivity contribution in [2.75, 3.05) is 31.2 Å². The quantitative estimate of drug-likeness (QED) is 0.791. The first-order valence-corrected chi connectivity index (χ1v) is 8.50. The van der Waals surface area contributed by atoms with E-state index in [1.807, 2.05) is 31.2 Å². The fourth-order valence-corrected chi connectivity index (χ4v) is 2.74. The molecule has 1 heterocycles. The number of anilines is 1. The van der Waals surface area contributed by atoms with Gasteiger partial charge in [0.05, 0.1) is 18.4 Å². The van der Waals surface area contributed by atoms with Crippen molar-refractivity contribution >= 4 is 17.5 Å². The zero-order chi connectivity index (χ0) is 17.4. The van der Waals surface area contributed by atoms with E-state index < -0.39 is 0 Å². The zero-order valence-corrected chi connectivity index (χ0v) is 14.4. The molecule has 1 saturated heterocycles. The first-order valence-electron chi connectivity index (χ1n) is 8.50. The summed E-state index contributed by atoms with van der Waals surface area (Å²) < 4.78 is 11.1. The minimum absolute atomic E-state index is 0.0781. The van der Waals surface area contributed by atoms with E-state index in [-0.39, 0.29) is 24.3 Å². The number of rotatable bonds is 8. The Bertz CT molecular complexity index is 556. The van der Waals surface area contributed by atoms with Gasteiger partial charge in [-0.15, -0.1) is 0 Å². The van der Waals surface area contributed by atoms with Gasteiger partial charge in [0.1, 0.15) is 5.75 Å². The molecule has 0 saturated carbocycles. The smallest absolute Gasteiger partial charge is 0.223 e. The van der Waals surface area contributed by atoms with Crippen molar-refractivity contribution in [3.63, 3.8) is 0 Å². The number of nitrogens with zero attached hydrogens (tertiary/aromatic N) is 1. The van der Waals surface area contributed by atoms with Crippen molar-refractivity contribution in [2.45, 2.75) is 39.2 Å². The number of carbonyl (C=O) groups excluding carboxylic acids is 2. The largest absolute Gasteiger partial charge is 0.492 e. The fraction of sp³-hybridized carbons (Fsp3) is 0.556. The van der Waals surface area contributed by atoms with Gasteiger partial charge in [-0.3, -0.25) is 9.59 Å². The van der Waals surface area contributed by atoms with Crippen LogP contribution in [-0.2, 0) is 14.3 Å². The number of nitrogens with one attached hydrogen (secondary N) is 1. The number of hydrogen-bond donors (Lipinski definition) is 1. The average Bonchev–Trinajstić information content (AvgIpc) is 3.08. The Hall–Kier alpha value is -2.08. The van der Waals surface area contributed by atoms with Gasteiger partial charge >= 0.3 is 0 Å². The Morgan fingerprint density at radius 3 is 2.83 bits per heavy atom. The van der Waals surface area contributed by atoms with Crippen LogP contribution in [0.2, 0.25) is 0 Å². The van der Waals surface area contributed by atoms with Crippen LogP contribution in [0.1, 0.15) is 33.1 Å². The first kappa shape index (κ1) is 18.3. The van der Waals surface area contributed by atoms with E-state index in [1.54, 1.807) is 4.90 Å². The minimum atomic E-state index is -0.117. The molecule has 0 aromatic heterocycles. The third-order valence-electron chi connectivity index (χ3n) is 3.95. The van der Waals surface area contributed by atoms with Crippen molar-refractivity contribution in [1.82, 2.24) is 5.32 Å². The van der Waals surface area contributed by atoms with Crippen LogP contribution in [0.3, 0.4) is 0 Å². The highest BCUT2D eigenvalue weighted by atomic mass is 16.5. The van der Waals surface area contributed by atoms with Crippen molar-refractivity contribution in [3.8, 4) is 5.75 Å². The maximum Gasteiger partial charge on any atom is 0.223 e. The van der Waals surface area contributed by atoms with Gasteiger partial charge in [-0.25, -0.2) is 0 Å². The van der Waals surface area contributed by atoms with Crippen LogP contribution < -0.4 is 15.0 Å². The molecule has 2 amide bonds. The third-order valence-corrected chi connectivity index (χ3v) is 3.95. The molecule has 1 aromatic rings. The molecule has 1 aromatic carbocycles. The Labute approximate surface area is 143 Å². The summed E-state index contributed by atoms with van der Waals surface area (Å²) in [5.41, 5.74) is 0.693. The van der Waals surface area contributed by atoms with Gasteiger partial charge < -0.3 is 19.7 Å². The Morgan fingerprint density at radius 1 is 1.38 bits per heavy atom. The minimum Gasteiger partial charge on any atom is -0.492 e. The van der Waals surface area contributed by atoms with E-state index in [1.165, 1.54) is 6.92 Å². The van der Waals surface area contributed by atoms with Crippen molar-refractivity contribution < 1.29 is 19.1 Å². The summed E-state index contributed by atoms with van der Waals surface area (Å²) in [5, 5.41) is 2.88. The van der Waals surface area contributed by atoms with Gasteiger partial charge in [0.25, 0.3) is 0 Å². The van der Waals surface area contributed by atoms with Crippen molar-refractivity contribution in [3.05, 3.63) is 24.3 Å². The maximum absolute atomic E-state index is 12.0. The maximum atomic E-state index is 12.0. The lowest BCUT2D eigenvalue weighted by Crippen LogP contribution is -2.36. The summed E-state index contributed by atoms with van der Waals surface area (Å²) in [6, 6.07) is 7.37. The van der Waals surface area contributed by atoms with Crippen LogP contribution in [0, 0.1) is 0 Å². The molecule has 1 unspecified atom stereocenters. The van der Waals surface area contributed by atoms with Crippen LogP contribution in [0.5, 0.6) is 5.75 Å². The van der Waals surface area contributed by atoms with Gasteiger partial charge in [-0.05, 0) is 31.9 Å². The molecular weight excluding hydrogens is 308 g/mol. The highest BCUT2D eigenvalue weighted by Gasteiger charge is 2.19. The molecule has 1 fully saturated rings. The van der Waals surface area contributed by atoms with Crippen LogP contribution in [-0.4, -0.2) is 44.2 Å². The summed E-state index contributed by atoms with van der Waals surface area (Å²) in [6.07, 6.45) is 2.40. The Kier molecular flexibility index (Phi) is 7.06. The predicted octanol–water partition coefficient (Wildman–Crippen LogP) is 2.12. The second-order valence-electron chi connectivity index (χ2n) is 5.76. The Morgan fingerprint density at radius 2 is 2.17 bits per heavy atom.